The second-order valence-electron chi connectivity index (χ2n) is 5.14. The van der Waals surface area contributed by atoms with Crippen LogP contribution in [0.1, 0.15) is 18.3 Å². The summed E-state index contributed by atoms with van der Waals surface area (Å²) in [6.45, 7) is 4.34. The van der Waals surface area contributed by atoms with Crippen LogP contribution in [0.3, 0.4) is 0 Å². The lowest BCUT2D eigenvalue weighted by atomic mass is 10.2. The average Bonchev–Trinajstić information content (AvgIpc) is 3.03. The molecule has 0 spiro atoms. The summed E-state index contributed by atoms with van der Waals surface area (Å²) in [5.41, 5.74) is 1.25. The molecule has 0 unspecified atom stereocenters. The van der Waals surface area contributed by atoms with E-state index >= 15 is 0 Å². The van der Waals surface area contributed by atoms with Crippen molar-refractivity contribution in [3.05, 3.63) is 42.0 Å². The van der Waals surface area contributed by atoms with Crippen molar-refractivity contribution in [3.63, 3.8) is 0 Å². The van der Waals surface area contributed by atoms with E-state index in [1.165, 1.54) is 10.5 Å². The van der Waals surface area contributed by atoms with E-state index in [4.69, 9.17) is 0 Å². The minimum Gasteiger partial charge on any atom is -0.349 e. The fourth-order valence-electron chi connectivity index (χ4n) is 2.30. The van der Waals surface area contributed by atoms with Crippen LogP contribution in [-0.2, 0) is 19.6 Å². The van der Waals surface area contributed by atoms with Crippen LogP contribution in [0.5, 0.6) is 0 Å². The first-order valence-corrected chi connectivity index (χ1v) is 8.81. The highest BCUT2D eigenvalue weighted by molar-refractivity contribution is 14.0. The number of aromatic nitrogens is 3. The molecule has 0 saturated carbocycles. The Morgan fingerprint density at radius 2 is 2.04 bits per heavy atom. The van der Waals surface area contributed by atoms with Gasteiger partial charge in [-0.3, -0.25) is 4.99 Å². The Balaban J connectivity index is 0.00000288. The maximum atomic E-state index is 4.34. The molecule has 132 valence electrons. The summed E-state index contributed by atoms with van der Waals surface area (Å²) in [5.74, 6) is 1.75. The van der Waals surface area contributed by atoms with E-state index < -0.39 is 0 Å². The third-order valence-corrected chi connectivity index (χ3v) is 4.34. The molecule has 0 aliphatic carbocycles. The van der Waals surface area contributed by atoms with Crippen LogP contribution >= 0.6 is 35.7 Å². The Morgan fingerprint density at radius 1 is 1.33 bits per heavy atom. The summed E-state index contributed by atoms with van der Waals surface area (Å²) < 4.78 is 2.02. The zero-order chi connectivity index (χ0) is 16.7. The molecule has 0 bridgehead atoms. The molecular formula is C16H25IN6S. The first kappa shape index (κ1) is 20.8. The first-order chi connectivity index (χ1) is 11.2. The number of halogens is 1. The number of hydrogen-bond acceptors (Lipinski definition) is 4. The van der Waals surface area contributed by atoms with Crippen LogP contribution in [0.2, 0.25) is 0 Å². The van der Waals surface area contributed by atoms with E-state index in [9.17, 15) is 0 Å². The highest BCUT2D eigenvalue weighted by Gasteiger charge is 2.09. The van der Waals surface area contributed by atoms with Gasteiger partial charge in [0.1, 0.15) is 6.33 Å². The predicted molar refractivity (Wildman–Crippen MR) is 111 cm³/mol. The second-order valence-corrected chi connectivity index (χ2v) is 6.02. The van der Waals surface area contributed by atoms with Gasteiger partial charge in [-0.1, -0.05) is 12.1 Å². The number of aryl methyl sites for hydroxylation is 1. The molecule has 0 fully saturated rings. The SMILES string of the molecule is CCn1cnnc1CNC(=NC)N(C)Cc1ccc(SC)cc1.I. The minimum absolute atomic E-state index is 0. The number of nitrogens with one attached hydrogen (secondary N) is 1. The fourth-order valence-corrected chi connectivity index (χ4v) is 2.71. The van der Waals surface area contributed by atoms with E-state index in [-0.39, 0.29) is 24.0 Å². The van der Waals surface area contributed by atoms with Gasteiger partial charge in [0, 0.05) is 32.1 Å². The highest BCUT2D eigenvalue weighted by atomic mass is 127. The van der Waals surface area contributed by atoms with Crippen molar-refractivity contribution in [1.82, 2.24) is 25.0 Å². The Kier molecular flexibility index (Phi) is 9.12. The van der Waals surface area contributed by atoms with Crippen LogP contribution < -0.4 is 5.32 Å². The molecule has 2 rings (SSSR count). The summed E-state index contributed by atoms with van der Waals surface area (Å²) in [6.07, 6.45) is 3.83. The number of thioether (sulfide) groups is 1. The molecule has 8 heteroatoms. The van der Waals surface area contributed by atoms with Gasteiger partial charge in [-0.15, -0.1) is 45.9 Å². The molecule has 1 aromatic carbocycles. The Morgan fingerprint density at radius 3 is 2.62 bits per heavy atom. The van der Waals surface area contributed by atoms with Gasteiger partial charge < -0.3 is 14.8 Å². The molecule has 0 saturated heterocycles. The van der Waals surface area contributed by atoms with E-state index in [2.05, 4.69) is 62.9 Å². The van der Waals surface area contributed by atoms with Crippen molar-refractivity contribution in [3.8, 4) is 0 Å². The molecule has 24 heavy (non-hydrogen) atoms. The normalized spacial score (nSPS) is 11.1. The molecular weight excluding hydrogens is 435 g/mol. The summed E-state index contributed by atoms with van der Waals surface area (Å²) in [4.78, 5) is 7.72. The highest BCUT2D eigenvalue weighted by Crippen LogP contribution is 2.15. The van der Waals surface area contributed by atoms with E-state index in [0.29, 0.717) is 6.54 Å². The van der Waals surface area contributed by atoms with Crippen molar-refractivity contribution in [1.29, 1.82) is 0 Å². The van der Waals surface area contributed by atoms with E-state index in [1.807, 2.05) is 11.6 Å². The van der Waals surface area contributed by atoms with Crippen molar-refractivity contribution in [2.45, 2.75) is 31.5 Å². The topological polar surface area (TPSA) is 58.3 Å². The van der Waals surface area contributed by atoms with E-state index in [1.54, 1.807) is 25.1 Å². The number of guanidine groups is 1. The summed E-state index contributed by atoms with van der Waals surface area (Å²) in [5, 5.41) is 11.4. The molecule has 1 heterocycles. The van der Waals surface area contributed by atoms with Crippen LogP contribution in [0.4, 0.5) is 0 Å². The first-order valence-electron chi connectivity index (χ1n) is 7.59. The minimum atomic E-state index is 0. The van der Waals surface area contributed by atoms with Gasteiger partial charge in [0.25, 0.3) is 0 Å². The van der Waals surface area contributed by atoms with Crippen LogP contribution in [0, 0.1) is 0 Å². The average molecular weight is 460 g/mol. The standard InChI is InChI=1S/C16H24N6S.HI/c1-5-22-12-19-20-15(22)10-18-16(17-2)21(3)11-13-6-8-14(23-4)9-7-13;/h6-9,12H,5,10-11H2,1-4H3,(H,17,18);1H. The van der Waals surface area contributed by atoms with Crippen LogP contribution in [0.25, 0.3) is 0 Å². The molecule has 1 aromatic heterocycles. The van der Waals surface area contributed by atoms with Gasteiger partial charge in [-0.2, -0.15) is 0 Å². The fraction of sp³-hybridized carbons (Fsp3) is 0.438. The number of nitrogens with zero attached hydrogens (tertiary/aromatic N) is 5. The lowest BCUT2D eigenvalue weighted by Gasteiger charge is -2.22. The third-order valence-electron chi connectivity index (χ3n) is 3.59. The largest absolute Gasteiger partial charge is 0.349 e. The van der Waals surface area contributed by atoms with Crippen molar-refractivity contribution >= 4 is 41.7 Å². The molecule has 0 aliphatic heterocycles. The van der Waals surface area contributed by atoms with Crippen molar-refractivity contribution in [2.24, 2.45) is 4.99 Å². The third kappa shape index (κ3) is 5.66. The zero-order valence-corrected chi connectivity index (χ0v) is 17.7. The molecule has 0 radical (unpaired) electrons. The lowest BCUT2D eigenvalue weighted by Crippen LogP contribution is -2.38. The van der Waals surface area contributed by atoms with Gasteiger partial charge in [0.2, 0.25) is 0 Å². The Bertz CT molecular complexity index is 640. The van der Waals surface area contributed by atoms with Gasteiger partial charge in [0.15, 0.2) is 11.8 Å². The van der Waals surface area contributed by atoms with Gasteiger partial charge >= 0.3 is 0 Å². The number of benzene rings is 1. The van der Waals surface area contributed by atoms with Crippen LogP contribution in [0.15, 0.2) is 40.5 Å². The molecule has 0 aliphatic rings. The molecule has 1 N–H and O–H groups in total. The van der Waals surface area contributed by atoms with Crippen molar-refractivity contribution < 1.29 is 0 Å². The summed E-state index contributed by atoms with van der Waals surface area (Å²) in [6, 6.07) is 8.61. The monoisotopic (exact) mass is 460 g/mol. The number of rotatable bonds is 6. The van der Waals surface area contributed by atoms with Gasteiger partial charge in [-0.05, 0) is 30.9 Å². The molecule has 2 aromatic rings. The van der Waals surface area contributed by atoms with Crippen molar-refractivity contribution in [2.75, 3.05) is 20.4 Å². The van der Waals surface area contributed by atoms with E-state index in [0.717, 1.165) is 24.9 Å². The number of hydrogen-bond donors (Lipinski definition) is 1. The molecule has 0 atom stereocenters. The maximum absolute atomic E-state index is 4.34. The second kappa shape index (κ2) is 10.5. The lowest BCUT2D eigenvalue weighted by molar-refractivity contribution is 0.473. The zero-order valence-electron chi connectivity index (χ0n) is 14.6. The maximum Gasteiger partial charge on any atom is 0.194 e. The predicted octanol–water partition coefficient (Wildman–Crippen LogP) is 2.85. The summed E-state index contributed by atoms with van der Waals surface area (Å²) in [7, 11) is 3.82. The van der Waals surface area contributed by atoms with Gasteiger partial charge in [-0.25, -0.2) is 0 Å². The van der Waals surface area contributed by atoms with Crippen LogP contribution in [-0.4, -0.2) is 46.0 Å². The summed E-state index contributed by atoms with van der Waals surface area (Å²) >= 11 is 1.75. The molecule has 6 nitrogen and oxygen atoms in total. The molecule has 0 amide bonds. The number of aliphatic imine (C=N–C) groups is 1. The smallest absolute Gasteiger partial charge is 0.194 e. The van der Waals surface area contributed by atoms with Gasteiger partial charge in [0.05, 0.1) is 6.54 Å². The quantitative estimate of drug-likeness (QED) is 0.311. The Hall–Kier alpha value is -1.29. The Labute approximate surface area is 165 Å².